The molecule has 21 heavy (non-hydrogen) atoms. The van der Waals surface area contributed by atoms with Crippen molar-refractivity contribution in [2.45, 2.75) is 52.9 Å². The summed E-state index contributed by atoms with van der Waals surface area (Å²) >= 11 is 0. The maximum absolute atomic E-state index is 6.09. The first kappa shape index (κ1) is 16.1. The number of hydrogen-bond donors (Lipinski definition) is 1. The van der Waals surface area contributed by atoms with Gasteiger partial charge in [0.05, 0.1) is 12.7 Å². The van der Waals surface area contributed by atoms with Gasteiger partial charge in [0.25, 0.3) is 0 Å². The van der Waals surface area contributed by atoms with Gasteiger partial charge in [-0.15, -0.1) is 0 Å². The molecule has 1 aromatic rings. The molecular formula is C17H27NO3. The van der Waals surface area contributed by atoms with Crippen molar-refractivity contribution in [3.63, 3.8) is 0 Å². The number of fused-ring (bicyclic) bond motifs is 1. The van der Waals surface area contributed by atoms with Gasteiger partial charge in [-0.2, -0.15) is 0 Å². The maximum Gasteiger partial charge on any atom is 0.231 e. The molecule has 0 fully saturated rings. The van der Waals surface area contributed by atoms with Crippen LogP contribution in [0.15, 0.2) is 18.2 Å². The summed E-state index contributed by atoms with van der Waals surface area (Å²) in [4.78, 5) is 0. The molecule has 1 N–H and O–H groups in total. The highest BCUT2D eigenvalue weighted by Crippen LogP contribution is 2.32. The van der Waals surface area contributed by atoms with Crippen molar-refractivity contribution in [3.8, 4) is 11.5 Å². The molecule has 2 rings (SSSR count). The zero-order chi connectivity index (χ0) is 15.5. The Bertz CT molecular complexity index is 466. The summed E-state index contributed by atoms with van der Waals surface area (Å²) in [6.45, 7) is 12.6. The molecule has 1 aliphatic heterocycles. The van der Waals surface area contributed by atoms with Crippen molar-refractivity contribution >= 4 is 0 Å². The Balaban J connectivity index is 1.89. The highest BCUT2D eigenvalue weighted by molar-refractivity contribution is 5.44. The molecule has 0 saturated heterocycles. The molecule has 1 heterocycles. The Morgan fingerprint density at radius 3 is 2.57 bits per heavy atom. The highest BCUT2D eigenvalue weighted by atomic mass is 16.7. The minimum Gasteiger partial charge on any atom is -0.454 e. The Morgan fingerprint density at radius 2 is 1.90 bits per heavy atom. The largest absolute Gasteiger partial charge is 0.454 e. The van der Waals surface area contributed by atoms with Crippen LogP contribution >= 0.6 is 0 Å². The average Bonchev–Trinajstić information content (AvgIpc) is 2.84. The fourth-order valence-electron chi connectivity index (χ4n) is 2.13. The third-order valence-corrected chi connectivity index (χ3v) is 3.48. The van der Waals surface area contributed by atoms with Gasteiger partial charge in [-0.1, -0.05) is 19.9 Å². The molecule has 0 amide bonds. The standard InChI is InChI=1S/C17H27NO3/c1-12(2)16(9-18-17(3,4)5)19-10-13-6-7-14-15(8-13)21-11-20-14/h6-8,12,16,18H,9-11H2,1-5H3. The van der Waals surface area contributed by atoms with Gasteiger partial charge in [-0.3, -0.25) is 0 Å². The van der Waals surface area contributed by atoms with E-state index in [-0.39, 0.29) is 11.6 Å². The molecule has 0 spiro atoms. The SMILES string of the molecule is CC(C)C(CNC(C)(C)C)OCc1ccc2c(c1)OCO2. The van der Waals surface area contributed by atoms with Crippen molar-refractivity contribution in [2.75, 3.05) is 13.3 Å². The summed E-state index contributed by atoms with van der Waals surface area (Å²) in [6, 6.07) is 5.97. The van der Waals surface area contributed by atoms with Gasteiger partial charge in [0.2, 0.25) is 6.79 Å². The highest BCUT2D eigenvalue weighted by Gasteiger charge is 2.19. The second-order valence-electron chi connectivity index (χ2n) is 6.91. The Hall–Kier alpha value is -1.26. The molecule has 4 nitrogen and oxygen atoms in total. The predicted octanol–water partition coefficient (Wildman–Crippen LogP) is 3.34. The number of rotatable bonds is 6. The minimum atomic E-state index is 0.106. The van der Waals surface area contributed by atoms with Gasteiger partial charge in [0.15, 0.2) is 11.5 Å². The first-order valence-corrected chi connectivity index (χ1v) is 7.60. The van der Waals surface area contributed by atoms with E-state index in [1.165, 1.54) is 0 Å². The summed E-state index contributed by atoms with van der Waals surface area (Å²) in [5.41, 5.74) is 1.22. The van der Waals surface area contributed by atoms with Crippen LogP contribution in [0.25, 0.3) is 0 Å². The van der Waals surface area contributed by atoms with Gasteiger partial charge < -0.3 is 19.5 Å². The Kier molecular flexibility index (Phi) is 5.12. The number of ether oxygens (including phenoxy) is 3. The van der Waals surface area contributed by atoms with E-state index in [9.17, 15) is 0 Å². The van der Waals surface area contributed by atoms with Crippen LogP contribution in [0, 0.1) is 5.92 Å². The van der Waals surface area contributed by atoms with Crippen LogP contribution in [-0.4, -0.2) is 25.0 Å². The average molecular weight is 293 g/mol. The van der Waals surface area contributed by atoms with E-state index in [1.807, 2.05) is 18.2 Å². The Morgan fingerprint density at radius 1 is 1.19 bits per heavy atom. The van der Waals surface area contributed by atoms with E-state index in [0.717, 1.165) is 23.6 Å². The lowest BCUT2D eigenvalue weighted by molar-refractivity contribution is 0.00782. The molecule has 0 aliphatic carbocycles. The molecule has 1 aromatic carbocycles. The van der Waals surface area contributed by atoms with Crippen LogP contribution in [0.2, 0.25) is 0 Å². The molecule has 1 unspecified atom stereocenters. The van der Waals surface area contributed by atoms with Crippen molar-refractivity contribution < 1.29 is 14.2 Å². The number of nitrogens with one attached hydrogen (secondary N) is 1. The monoisotopic (exact) mass is 293 g/mol. The van der Waals surface area contributed by atoms with Crippen molar-refractivity contribution in [3.05, 3.63) is 23.8 Å². The fourth-order valence-corrected chi connectivity index (χ4v) is 2.13. The lowest BCUT2D eigenvalue weighted by atomic mass is 10.0. The van der Waals surface area contributed by atoms with Crippen molar-refractivity contribution in [1.29, 1.82) is 0 Å². The summed E-state index contributed by atoms with van der Waals surface area (Å²) < 4.78 is 16.8. The van der Waals surface area contributed by atoms with Crippen LogP contribution < -0.4 is 14.8 Å². The third kappa shape index (κ3) is 4.90. The lowest BCUT2D eigenvalue weighted by Crippen LogP contribution is -2.43. The van der Waals surface area contributed by atoms with Gasteiger partial charge >= 0.3 is 0 Å². The molecule has 0 aromatic heterocycles. The molecule has 1 atom stereocenters. The van der Waals surface area contributed by atoms with Gasteiger partial charge in [0.1, 0.15) is 0 Å². The zero-order valence-corrected chi connectivity index (χ0v) is 13.7. The molecule has 118 valence electrons. The van der Waals surface area contributed by atoms with Crippen LogP contribution in [0.1, 0.15) is 40.2 Å². The lowest BCUT2D eigenvalue weighted by Gasteiger charge is -2.27. The predicted molar refractivity (Wildman–Crippen MR) is 83.7 cm³/mol. The first-order valence-electron chi connectivity index (χ1n) is 7.60. The van der Waals surface area contributed by atoms with E-state index < -0.39 is 0 Å². The van der Waals surface area contributed by atoms with Crippen molar-refractivity contribution in [2.24, 2.45) is 5.92 Å². The fraction of sp³-hybridized carbons (Fsp3) is 0.647. The van der Waals surface area contributed by atoms with Gasteiger partial charge in [0, 0.05) is 12.1 Å². The summed E-state index contributed by atoms with van der Waals surface area (Å²) in [5, 5.41) is 3.51. The molecule has 0 radical (unpaired) electrons. The topological polar surface area (TPSA) is 39.7 Å². The molecule has 1 aliphatic rings. The van der Waals surface area contributed by atoms with E-state index >= 15 is 0 Å². The molecular weight excluding hydrogens is 266 g/mol. The van der Waals surface area contributed by atoms with Crippen molar-refractivity contribution in [1.82, 2.24) is 5.32 Å². The molecule has 0 saturated carbocycles. The molecule has 4 heteroatoms. The van der Waals surface area contributed by atoms with Crippen LogP contribution in [-0.2, 0) is 11.3 Å². The van der Waals surface area contributed by atoms with E-state index in [0.29, 0.717) is 19.3 Å². The molecule has 0 bridgehead atoms. The summed E-state index contributed by atoms with van der Waals surface area (Å²) in [5.74, 6) is 2.09. The van der Waals surface area contributed by atoms with E-state index in [2.05, 4.69) is 39.9 Å². The van der Waals surface area contributed by atoms with E-state index in [4.69, 9.17) is 14.2 Å². The second-order valence-corrected chi connectivity index (χ2v) is 6.91. The van der Waals surface area contributed by atoms with Crippen LogP contribution in [0.5, 0.6) is 11.5 Å². The first-order chi connectivity index (χ1) is 9.85. The quantitative estimate of drug-likeness (QED) is 0.873. The minimum absolute atomic E-state index is 0.106. The zero-order valence-electron chi connectivity index (χ0n) is 13.7. The maximum atomic E-state index is 6.09. The van der Waals surface area contributed by atoms with E-state index in [1.54, 1.807) is 0 Å². The van der Waals surface area contributed by atoms with Gasteiger partial charge in [-0.05, 0) is 44.4 Å². The van der Waals surface area contributed by atoms with Crippen LogP contribution in [0.3, 0.4) is 0 Å². The third-order valence-electron chi connectivity index (χ3n) is 3.48. The second kappa shape index (κ2) is 6.67. The number of benzene rings is 1. The summed E-state index contributed by atoms with van der Waals surface area (Å²) in [7, 11) is 0. The van der Waals surface area contributed by atoms with Gasteiger partial charge in [-0.25, -0.2) is 0 Å². The normalized spacial score (nSPS) is 15.5. The smallest absolute Gasteiger partial charge is 0.231 e. The number of hydrogen-bond acceptors (Lipinski definition) is 4. The van der Waals surface area contributed by atoms with Crippen LogP contribution in [0.4, 0.5) is 0 Å². The summed E-state index contributed by atoms with van der Waals surface area (Å²) in [6.07, 6.45) is 0.189. The Labute approximate surface area is 127 Å².